The molecule has 0 bridgehead atoms. The van der Waals surface area contributed by atoms with Crippen molar-refractivity contribution in [2.45, 2.75) is 38.4 Å². The summed E-state index contributed by atoms with van der Waals surface area (Å²) < 4.78 is 28.0. The van der Waals surface area contributed by atoms with Crippen molar-refractivity contribution in [3.05, 3.63) is 35.5 Å². The third kappa shape index (κ3) is 4.70. The Kier molecular flexibility index (Phi) is 6.86. The number of alkyl halides is 1. The van der Waals surface area contributed by atoms with Crippen molar-refractivity contribution in [1.82, 2.24) is 24.6 Å². The summed E-state index contributed by atoms with van der Waals surface area (Å²) in [5.41, 5.74) is 2.93. The molecule has 0 spiro atoms. The lowest BCUT2D eigenvalue weighted by Gasteiger charge is -2.35. The summed E-state index contributed by atoms with van der Waals surface area (Å²) in [6.07, 6.45) is 1.53. The van der Waals surface area contributed by atoms with Crippen LogP contribution in [0.1, 0.15) is 30.4 Å². The van der Waals surface area contributed by atoms with Crippen molar-refractivity contribution >= 4 is 16.7 Å². The van der Waals surface area contributed by atoms with E-state index in [4.69, 9.17) is 9.47 Å². The predicted molar refractivity (Wildman–Crippen MR) is 131 cm³/mol. The average molecular weight is 485 g/mol. The van der Waals surface area contributed by atoms with Crippen LogP contribution in [0.25, 0.3) is 16.7 Å². The molecule has 2 aromatic heterocycles. The van der Waals surface area contributed by atoms with Gasteiger partial charge in [0.2, 0.25) is 0 Å². The Bertz CT molecular complexity index is 1190. The van der Waals surface area contributed by atoms with E-state index < -0.39 is 6.17 Å². The van der Waals surface area contributed by atoms with Gasteiger partial charge < -0.3 is 19.5 Å². The first-order valence-electron chi connectivity index (χ1n) is 12.2. The zero-order chi connectivity index (χ0) is 24.5. The molecular formula is C25H33FN6O3. The maximum absolute atomic E-state index is 15.2. The second-order valence-corrected chi connectivity index (χ2v) is 9.45. The van der Waals surface area contributed by atoms with Crippen LogP contribution in [0.4, 0.5) is 10.2 Å². The maximum Gasteiger partial charge on any atom is 0.320 e. The highest BCUT2D eigenvalue weighted by Gasteiger charge is 2.31. The van der Waals surface area contributed by atoms with Crippen molar-refractivity contribution in [3.8, 4) is 11.8 Å². The molecule has 9 nitrogen and oxygen atoms in total. The minimum absolute atomic E-state index is 0.0508. The van der Waals surface area contributed by atoms with Crippen LogP contribution in [-0.4, -0.2) is 95.1 Å². The fourth-order valence-corrected chi connectivity index (χ4v) is 5.26. The van der Waals surface area contributed by atoms with Crippen molar-refractivity contribution in [3.63, 3.8) is 0 Å². The molecule has 10 heteroatoms. The summed E-state index contributed by atoms with van der Waals surface area (Å²) in [6.45, 7) is 7.81. The number of hydrogen-bond donors (Lipinski definition) is 1. The summed E-state index contributed by atoms with van der Waals surface area (Å²) >= 11 is 0. The van der Waals surface area contributed by atoms with Crippen LogP contribution in [-0.2, 0) is 4.74 Å². The van der Waals surface area contributed by atoms with Gasteiger partial charge in [-0.25, -0.2) is 9.07 Å². The number of aryl methyl sites for hydroxylation is 1. The third-order valence-corrected chi connectivity index (χ3v) is 7.14. The Balaban J connectivity index is 1.53. The number of fused-ring (bicyclic) bond motifs is 1. The van der Waals surface area contributed by atoms with Crippen LogP contribution in [0.15, 0.2) is 24.4 Å². The summed E-state index contributed by atoms with van der Waals surface area (Å²) in [5.74, 6) is 1.17. The zero-order valence-corrected chi connectivity index (χ0v) is 20.5. The van der Waals surface area contributed by atoms with Gasteiger partial charge in [0, 0.05) is 37.0 Å². The van der Waals surface area contributed by atoms with E-state index in [-0.39, 0.29) is 24.6 Å². The first-order chi connectivity index (χ1) is 17.0. The van der Waals surface area contributed by atoms with Crippen LogP contribution in [0.2, 0.25) is 0 Å². The quantitative estimate of drug-likeness (QED) is 0.571. The smallest absolute Gasteiger partial charge is 0.320 e. The summed E-state index contributed by atoms with van der Waals surface area (Å²) in [4.78, 5) is 13.3. The highest BCUT2D eigenvalue weighted by atomic mass is 19.1. The number of anilines is 1. The van der Waals surface area contributed by atoms with E-state index in [9.17, 15) is 5.11 Å². The SMILES string of the molecule is COc1nc(N2CCOC[C@@H]2C)cc(-n2ncc3cc(C)c(C4CCN(CCO)CC4F)cc32)n1. The van der Waals surface area contributed by atoms with Crippen LogP contribution >= 0.6 is 0 Å². The molecule has 35 heavy (non-hydrogen) atoms. The molecule has 2 aliphatic heterocycles. The number of hydrogen-bond acceptors (Lipinski definition) is 8. The standard InChI is InChI=1S/C25H33FN6O3/c1-16-10-18-13-27-32(22(18)11-20(16)19-4-5-30(6-8-33)14-21(19)26)24-12-23(28-25(29-24)34-3)31-7-9-35-15-17(31)2/h10-13,17,19,21,33H,4-9,14-15H2,1-3H3/t17-,19?,21?/m0/s1. The van der Waals surface area contributed by atoms with Gasteiger partial charge in [-0.3, -0.25) is 4.90 Å². The van der Waals surface area contributed by atoms with Crippen LogP contribution in [0.3, 0.4) is 0 Å². The zero-order valence-electron chi connectivity index (χ0n) is 20.5. The number of piperidine rings is 1. The highest BCUT2D eigenvalue weighted by Crippen LogP contribution is 2.35. The third-order valence-electron chi connectivity index (χ3n) is 7.14. The van der Waals surface area contributed by atoms with E-state index in [1.54, 1.807) is 11.8 Å². The molecule has 5 rings (SSSR count). The molecule has 188 valence electrons. The minimum Gasteiger partial charge on any atom is -0.467 e. The molecule has 0 aliphatic carbocycles. The van der Waals surface area contributed by atoms with Gasteiger partial charge >= 0.3 is 6.01 Å². The molecule has 2 unspecified atom stereocenters. The van der Waals surface area contributed by atoms with Crippen LogP contribution in [0.5, 0.6) is 6.01 Å². The second kappa shape index (κ2) is 10.0. The second-order valence-electron chi connectivity index (χ2n) is 9.45. The number of rotatable bonds is 6. The first kappa shape index (κ1) is 23.9. The Morgan fingerprint density at radius 1 is 1.20 bits per heavy atom. The number of aromatic nitrogens is 4. The summed E-state index contributed by atoms with van der Waals surface area (Å²) in [7, 11) is 1.55. The number of morpholine rings is 1. The van der Waals surface area contributed by atoms with Crippen LogP contribution < -0.4 is 9.64 Å². The van der Waals surface area contributed by atoms with E-state index in [0.717, 1.165) is 40.9 Å². The molecule has 1 aromatic carbocycles. The maximum atomic E-state index is 15.2. The molecule has 3 aromatic rings. The lowest BCUT2D eigenvalue weighted by molar-refractivity contribution is 0.0984. The fourth-order valence-electron chi connectivity index (χ4n) is 5.26. The fraction of sp³-hybridized carbons (Fsp3) is 0.560. The minimum atomic E-state index is -0.989. The molecule has 2 saturated heterocycles. The topological polar surface area (TPSA) is 88.8 Å². The molecule has 1 N–H and O–H groups in total. The number of halogens is 1. The van der Waals surface area contributed by atoms with Gasteiger partial charge in [-0.05, 0) is 50.1 Å². The van der Waals surface area contributed by atoms with E-state index in [0.29, 0.717) is 38.5 Å². The van der Waals surface area contributed by atoms with Gasteiger partial charge in [-0.2, -0.15) is 15.1 Å². The molecule has 0 radical (unpaired) electrons. The van der Waals surface area contributed by atoms with E-state index in [2.05, 4.69) is 39.0 Å². The Morgan fingerprint density at radius 2 is 2.03 bits per heavy atom. The lowest BCUT2D eigenvalue weighted by Crippen LogP contribution is -2.44. The van der Waals surface area contributed by atoms with E-state index in [1.165, 1.54) is 0 Å². The molecule has 0 amide bonds. The number of aliphatic hydroxyl groups is 1. The monoisotopic (exact) mass is 484 g/mol. The summed E-state index contributed by atoms with van der Waals surface area (Å²) in [5, 5.41) is 14.8. The number of nitrogens with zero attached hydrogens (tertiary/aromatic N) is 6. The van der Waals surface area contributed by atoms with Gasteiger partial charge in [0.25, 0.3) is 0 Å². The first-order valence-corrected chi connectivity index (χ1v) is 12.2. The molecule has 2 aliphatic rings. The normalized spacial score (nSPS) is 23.7. The Morgan fingerprint density at radius 3 is 2.77 bits per heavy atom. The van der Waals surface area contributed by atoms with Crippen molar-refractivity contribution in [1.29, 1.82) is 0 Å². The van der Waals surface area contributed by atoms with Gasteiger partial charge in [-0.15, -0.1) is 0 Å². The summed E-state index contributed by atoms with van der Waals surface area (Å²) in [6, 6.07) is 6.50. The van der Waals surface area contributed by atoms with Gasteiger partial charge in [-0.1, -0.05) is 0 Å². The predicted octanol–water partition coefficient (Wildman–Crippen LogP) is 2.48. The molecule has 0 saturated carbocycles. The average Bonchev–Trinajstić information content (AvgIpc) is 3.26. The van der Waals surface area contributed by atoms with Gasteiger partial charge in [0.15, 0.2) is 5.82 Å². The van der Waals surface area contributed by atoms with E-state index >= 15 is 4.39 Å². The van der Waals surface area contributed by atoms with Crippen molar-refractivity contribution in [2.24, 2.45) is 0 Å². The van der Waals surface area contributed by atoms with Gasteiger partial charge in [0.05, 0.1) is 44.7 Å². The van der Waals surface area contributed by atoms with Crippen molar-refractivity contribution < 1.29 is 19.0 Å². The van der Waals surface area contributed by atoms with Crippen LogP contribution in [0, 0.1) is 6.92 Å². The highest BCUT2D eigenvalue weighted by molar-refractivity contribution is 5.82. The Labute approximate surface area is 204 Å². The van der Waals surface area contributed by atoms with E-state index in [1.807, 2.05) is 24.1 Å². The number of aliphatic hydroxyl groups excluding tert-OH is 1. The number of ether oxygens (including phenoxy) is 2. The lowest BCUT2D eigenvalue weighted by atomic mass is 9.85. The van der Waals surface area contributed by atoms with Crippen molar-refractivity contribution in [2.75, 3.05) is 58.0 Å². The molecule has 3 atom stereocenters. The molecule has 2 fully saturated rings. The molecule has 4 heterocycles. The Hall–Kier alpha value is -2.82. The number of likely N-dealkylation sites (tertiary alicyclic amines) is 1. The largest absolute Gasteiger partial charge is 0.467 e. The number of benzene rings is 1. The number of β-amino-alcohol motifs (C(OH)–C–C–N with tert-alkyl or cyclic N) is 1. The van der Waals surface area contributed by atoms with Gasteiger partial charge in [0.1, 0.15) is 12.0 Å². The number of methoxy groups -OCH3 is 1. The molecular weight excluding hydrogens is 451 g/mol.